The molecule has 1 aliphatic carbocycles. The Morgan fingerprint density at radius 3 is 2.54 bits per heavy atom. The van der Waals surface area contributed by atoms with Gasteiger partial charge in [-0.15, -0.1) is 0 Å². The average molecular weight is 559 g/mol. The van der Waals surface area contributed by atoms with Crippen molar-refractivity contribution in [2.45, 2.75) is 69.9 Å². The lowest BCUT2D eigenvalue weighted by Crippen LogP contribution is -2.66. The topological polar surface area (TPSA) is 96.5 Å². The molecule has 2 aliphatic rings. The maximum atomic E-state index is 13.9. The number of carbonyl (C=O) groups is 2. The van der Waals surface area contributed by atoms with Crippen LogP contribution in [-0.4, -0.2) is 59.5 Å². The molecule has 1 aliphatic heterocycles. The van der Waals surface area contributed by atoms with E-state index in [2.05, 4.69) is 34.3 Å². The zero-order valence-corrected chi connectivity index (χ0v) is 24.2. The van der Waals surface area contributed by atoms with E-state index in [9.17, 15) is 9.59 Å². The van der Waals surface area contributed by atoms with Crippen molar-refractivity contribution in [3.05, 3.63) is 83.4 Å². The van der Waals surface area contributed by atoms with Gasteiger partial charge in [0, 0.05) is 24.7 Å². The number of aromatic nitrogens is 2. The first-order chi connectivity index (χ1) is 20.0. The number of benzene rings is 2. The van der Waals surface area contributed by atoms with Gasteiger partial charge in [-0.3, -0.25) is 9.59 Å². The minimum absolute atomic E-state index is 0.0822. The maximum absolute atomic E-state index is 13.9. The molecular formula is C33H42N4O4. The van der Waals surface area contributed by atoms with Gasteiger partial charge in [0.05, 0.1) is 33.1 Å². The molecule has 1 saturated carbocycles. The number of methoxy groups -OCH3 is 1. The van der Waals surface area contributed by atoms with Gasteiger partial charge in [-0.2, -0.15) is 0 Å². The van der Waals surface area contributed by atoms with E-state index in [1.807, 2.05) is 41.3 Å². The number of amides is 2. The van der Waals surface area contributed by atoms with Crippen LogP contribution in [0.4, 0.5) is 0 Å². The highest BCUT2D eigenvalue weighted by molar-refractivity contribution is 5.88. The van der Waals surface area contributed by atoms with Crippen LogP contribution in [0.15, 0.2) is 61.1 Å². The summed E-state index contributed by atoms with van der Waals surface area (Å²) in [5.74, 6) is 1.08. The third-order valence-electron chi connectivity index (χ3n) is 8.57. The van der Waals surface area contributed by atoms with Crippen molar-refractivity contribution in [1.82, 2.24) is 20.2 Å². The van der Waals surface area contributed by atoms with Gasteiger partial charge >= 0.3 is 0 Å². The predicted molar refractivity (Wildman–Crippen MR) is 158 cm³/mol. The van der Waals surface area contributed by atoms with Crippen LogP contribution in [0.3, 0.4) is 0 Å². The van der Waals surface area contributed by atoms with E-state index >= 15 is 0 Å². The number of ether oxygens (including phenoxy) is 2. The molecule has 0 spiro atoms. The van der Waals surface area contributed by atoms with Gasteiger partial charge in [-0.05, 0) is 60.9 Å². The molecule has 3 aromatic rings. The Bertz CT molecular complexity index is 1280. The first-order valence-corrected chi connectivity index (χ1v) is 14.8. The van der Waals surface area contributed by atoms with Gasteiger partial charge in [-0.1, -0.05) is 55.7 Å². The number of nitrogens with one attached hydrogen (secondary N) is 2. The Hall–Kier alpha value is -3.65. The SMILES string of the molecule is COc1ccc(C[C@@H](NC(=O)CCc2cnc[nH]2)C(=O)N2CC(OCC3CCCCC3)(c3ccccc3C)C2)cc1. The number of H-pyrrole nitrogens is 1. The van der Waals surface area contributed by atoms with Gasteiger partial charge in [0.25, 0.3) is 0 Å². The fourth-order valence-corrected chi connectivity index (χ4v) is 6.13. The Kier molecular flexibility index (Phi) is 9.39. The first kappa shape index (κ1) is 28.9. The fraction of sp³-hybridized carbons (Fsp3) is 0.485. The quantitative estimate of drug-likeness (QED) is 0.335. The minimum atomic E-state index is -0.675. The van der Waals surface area contributed by atoms with Crippen molar-refractivity contribution >= 4 is 11.8 Å². The summed E-state index contributed by atoms with van der Waals surface area (Å²) in [4.78, 5) is 35.8. The van der Waals surface area contributed by atoms with Crippen LogP contribution in [0.1, 0.15) is 60.9 Å². The zero-order valence-electron chi connectivity index (χ0n) is 24.2. The number of carbonyl (C=O) groups excluding carboxylic acids is 2. The molecule has 2 heterocycles. The standard InChI is InChI=1S/C33H42N4O4/c1-24-8-6-7-11-29(24)33(41-20-26-9-4-3-5-10-26)21-37(22-33)32(39)30(18-25-12-15-28(40-2)16-13-25)36-31(38)17-14-27-19-34-23-35-27/h6-8,11-13,15-16,19,23,26,30H,3-5,9-10,14,17-18,20-22H2,1-2H3,(H,34,35)(H,36,38)/t30-/m1/s1. The van der Waals surface area contributed by atoms with Crippen molar-refractivity contribution in [3.8, 4) is 5.75 Å². The molecule has 1 atom stereocenters. The van der Waals surface area contributed by atoms with E-state index in [0.717, 1.165) is 29.2 Å². The van der Waals surface area contributed by atoms with Crippen molar-refractivity contribution < 1.29 is 19.1 Å². The predicted octanol–water partition coefficient (Wildman–Crippen LogP) is 4.72. The van der Waals surface area contributed by atoms with Crippen LogP contribution in [0.2, 0.25) is 0 Å². The Balaban J connectivity index is 1.30. The lowest BCUT2D eigenvalue weighted by molar-refractivity contribution is -0.179. The molecule has 8 heteroatoms. The molecule has 41 heavy (non-hydrogen) atoms. The lowest BCUT2D eigenvalue weighted by Gasteiger charge is -2.51. The monoisotopic (exact) mass is 558 g/mol. The van der Waals surface area contributed by atoms with Gasteiger partial charge in [0.2, 0.25) is 11.8 Å². The summed E-state index contributed by atoms with van der Waals surface area (Å²) in [6, 6.07) is 15.3. The third kappa shape index (κ3) is 7.17. The second-order valence-electron chi connectivity index (χ2n) is 11.6. The molecule has 1 aromatic heterocycles. The number of likely N-dealkylation sites (tertiary alicyclic amines) is 1. The Morgan fingerprint density at radius 2 is 1.85 bits per heavy atom. The van der Waals surface area contributed by atoms with Crippen LogP contribution in [0.25, 0.3) is 0 Å². The largest absolute Gasteiger partial charge is 0.497 e. The minimum Gasteiger partial charge on any atom is -0.497 e. The third-order valence-corrected chi connectivity index (χ3v) is 8.57. The number of imidazole rings is 1. The molecule has 2 aromatic carbocycles. The Labute approximate surface area is 242 Å². The molecule has 0 radical (unpaired) electrons. The van der Waals surface area contributed by atoms with E-state index in [1.165, 1.54) is 37.7 Å². The van der Waals surface area contributed by atoms with Crippen molar-refractivity contribution in [2.75, 3.05) is 26.8 Å². The normalized spacial score (nSPS) is 17.5. The molecule has 218 valence electrons. The fourth-order valence-electron chi connectivity index (χ4n) is 6.13. The second-order valence-corrected chi connectivity index (χ2v) is 11.6. The molecule has 1 saturated heterocycles. The number of nitrogens with zero attached hydrogens (tertiary/aromatic N) is 2. The number of rotatable bonds is 12. The molecule has 0 bridgehead atoms. The highest BCUT2D eigenvalue weighted by atomic mass is 16.5. The van der Waals surface area contributed by atoms with Crippen molar-refractivity contribution in [1.29, 1.82) is 0 Å². The average Bonchev–Trinajstić information content (AvgIpc) is 3.50. The van der Waals surface area contributed by atoms with E-state index < -0.39 is 11.6 Å². The maximum Gasteiger partial charge on any atom is 0.245 e. The number of hydrogen-bond donors (Lipinski definition) is 2. The van der Waals surface area contributed by atoms with Gasteiger partial charge < -0.3 is 24.7 Å². The van der Waals surface area contributed by atoms with E-state index in [1.54, 1.807) is 19.6 Å². The number of aryl methyl sites for hydroxylation is 2. The summed E-state index contributed by atoms with van der Waals surface area (Å²) < 4.78 is 12.0. The van der Waals surface area contributed by atoms with Crippen LogP contribution in [0, 0.1) is 12.8 Å². The molecule has 2 fully saturated rings. The highest BCUT2D eigenvalue weighted by Gasteiger charge is 2.50. The summed E-state index contributed by atoms with van der Waals surface area (Å²) in [5.41, 5.74) is 3.64. The van der Waals surface area contributed by atoms with E-state index in [4.69, 9.17) is 9.47 Å². The summed E-state index contributed by atoms with van der Waals surface area (Å²) in [6.45, 7) is 3.78. The zero-order chi connectivity index (χ0) is 28.7. The summed E-state index contributed by atoms with van der Waals surface area (Å²) in [5, 5.41) is 3.03. The number of aromatic amines is 1. The number of hydrogen-bond acceptors (Lipinski definition) is 5. The van der Waals surface area contributed by atoms with E-state index in [0.29, 0.717) is 31.8 Å². The van der Waals surface area contributed by atoms with Crippen molar-refractivity contribution in [3.63, 3.8) is 0 Å². The highest BCUT2D eigenvalue weighted by Crippen LogP contribution is 2.39. The van der Waals surface area contributed by atoms with Gasteiger partial charge in [-0.25, -0.2) is 4.98 Å². The second kappa shape index (κ2) is 13.3. The molecular weight excluding hydrogens is 516 g/mol. The van der Waals surface area contributed by atoms with Gasteiger partial charge in [0.15, 0.2) is 0 Å². The summed E-state index contributed by atoms with van der Waals surface area (Å²) >= 11 is 0. The summed E-state index contributed by atoms with van der Waals surface area (Å²) in [6.07, 6.45) is 10.8. The van der Waals surface area contributed by atoms with Crippen LogP contribution in [0.5, 0.6) is 5.75 Å². The molecule has 2 N–H and O–H groups in total. The molecule has 0 unspecified atom stereocenters. The molecule has 8 nitrogen and oxygen atoms in total. The Morgan fingerprint density at radius 1 is 1.10 bits per heavy atom. The first-order valence-electron chi connectivity index (χ1n) is 14.8. The molecule has 5 rings (SSSR count). The summed E-state index contributed by atoms with van der Waals surface area (Å²) in [7, 11) is 1.63. The molecule has 2 amide bonds. The van der Waals surface area contributed by atoms with Crippen LogP contribution in [-0.2, 0) is 32.8 Å². The van der Waals surface area contributed by atoms with Crippen molar-refractivity contribution in [2.24, 2.45) is 5.92 Å². The van der Waals surface area contributed by atoms with Crippen LogP contribution < -0.4 is 10.1 Å². The van der Waals surface area contributed by atoms with Gasteiger partial charge in [0.1, 0.15) is 17.4 Å². The smallest absolute Gasteiger partial charge is 0.245 e. The van der Waals surface area contributed by atoms with Crippen LogP contribution >= 0.6 is 0 Å². The van der Waals surface area contributed by atoms with E-state index in [-0.39, 0.29) is 18.2 Å². The lowest BCUT2D eigenvalue weighted by atomic mass is 9.82.